The zero-order valence-corrected chi connectivity index (χ0v) is 26.5. The second kappa shape index (κ2) is 11.9. The van der Waals surface area contributed by atoms with Gasteiger partial charge in [0.25, 0.3) is 0 Å². The number of hydrogen-bond donors (Lipinski definition) is 0. The number of fused-ring (bicyclic) bond motifs is 7. The predicted octanol–water partition coefficient (Wildman–Crippen LogP) is 11.4. The topological polar surface area (TPSA) is 63.4 Å². The third kappa shape index (κ3) is 5.18. The predicted molar refractivity (Wildman–Crippen MR) is 203 cm³/mol. The molecule has 5 heteroatoms. The van der Waals surface area contributed by atoms with Crippen LogP contribution < -0.4 is 0 Å². The number of nitrogens with zero attached hydrogens (tertiary/aromatic N) is 3. The van der Waals surface area contributed by atoms with Gasteiger partial charge in [0.1, 0.15) is 22.3 Å². The lowest BCUT2D eigenvalue weighted by atomic mass is 9.99. The number of furan rings is 2. The molecule has 0 unspecified atom stereocenters. The van der Waals surface area contributed by atoms with E-state index in [1.54, 1.807) is 0 Å². The molecule has 0 spiro atoms. The third-order valence-corrected chi connectivity index (χ3v) is 9.07. The molecule has 232 valence electrons. The smallest absolute Gasteiger partial charge is 0.161 e. The molecule has 0 aliphatic heterocycles. The van der Waals surface area contributed by atoms with Gasteiger partial charge in [0.15, 0.2) is 11.7 Å². The van der Waals surface area contributed by atoms with Crippen LogP contribution in [-0.2, 0) is 6.54 Å². The number of para-hydroxylation sites is 1. The van der Waals surface area contributed by atoms with Crippen LogP contribution in [0, 0.1) is 0 Å². The molecule has 0 saturated carbocycles. The van der Waals surface area contributed by atoms with E-state index in [1.807, 2.05) is 78.9 Å². The van der Waals surface area contributed by atoms with E-state index in [0.717, 1.165) is 82.5 Å². The molecule has 0 saturated heterocycles. The van der Waals surface area contributed by atoms with Gasteiger partial charge in [-0.15, -0.1) is 0 Å². The van der Waals surface area contributed by atoms with Gasteiger partial charge in [-0.2, -0.15) is 0 Å². The average molecular weight is 632 g/mol. The van der Waals surface area contributed by atoms with E-state index in [4.69, 9.17) is 18.8 Å². The molecular weight excluding hydrogens is 603 g/mol. The lowest BCUT2D eigenvalue weighted by molar-refractivity contribution is 0.668. The van der Waals surface area contributed by atoms with Crippen molar-refractivity contribution >= 4 is 73.0 Å². The lowest BCUT2D eigenvalue weighted by Gasteiger charge is -2.08. The third-order valence-electron chi connectivity index (χ3n) is 9.07. The van der Waals surface area contributed by atoms with E-state index < -0.39 is 0 Å². The fourth-order valence-electron chi connectivity index (χ4n) is 6.65. The summed E-state index contributed by atoms with van der Waals surface area (Å²) in [5.41, 5.74) is 8.30. The van der Waals surface area contributed by atoms with E-state index in [2.05, 4.69) is 84.5 Å². The van der Waals surface area contributed by atoms with Gasteiger partial charge in [-0.05, 0) is 76.6 Å². The molecule has 7 aromatic carbocycles. The number of benzene rings is 7. The van der Waals surface area contributed by atoms with E-state index in [0.29, 0.717) is 18.2 Å². The van der Waals surface area contributed by atoms with E-state index in [-0.39, 0.29) is 0 Å². The number of rotatable bonds is 5. The van der Waals surface area contributed by atoms with Crippen LogP contribution in [-0.4, -0.2) is 18.4 Å². The molecule has 49 heavy (non-hydrogen) atoms. The SMILES string of the molecule is C=NC(=NC(=NCc1ccccc1)c1ccc2ccccc2c1)c1cccc2oc3ccc(-c4ccc5oc6ccccc6c5c4)cc3c12. The Hall–Kier alpha value is -6.59. The van der Waals surface area contributed by atoms with Gasteiger partial charge in [0, 0.05) is 32.7 Å². The quantitative estimate of drug-likeness (QED) is 0.140. The summed E-state index contributed by atoms with van der Waals surface area (Å²) in [5.74, 6) is 1.06. The van der Waals surface area contributed by atoms with Crippen molar-refractivity contribution in [3.63, 3.8) is 0 Å². The second-order valence-electron chi connectivity index (χ2n) is 12.1. The van der Waals surface area contributed by atoms with E-state index in [9.17, 15) is 0 Å². The summed E-state index contributed by atoms with van der Waals surface area (Å²) in [6.45, 7) is 4.44. The molecule has 0 amide bonds. The highest BCUT2D eigenvalue weighted by molar-refractivity contribution is 6.22. The molecule has 0 bridgehead atoms. The Balaban J connectivity index is 1.19. The highest BCUT2D eigenvalue weighted by Gasteiger charge is 2.17. The molecule has 0 atom stereocenters. The van der Waals surface area contributed by atoms with Crippen LogP contribution in [0.3, 0.4) is 0 Å². The van der Waals surface area contributed by atoms with Crippen molar-refractivity contribution in [2.24, 2.45) is 15.0 Å². The van der Waals surface area contributed by atoms with Crippen molar-refractivity contribution in [2.45, 2.75) is 6.54 Å². The Morgan fingerprint density at radius 2 is 1.18 bits per heavy atom. The minimum Gasteiger partial charge on any atom is -0.456 e. The molecule has 5 nitrogen and oxygen atoms in total. The molecule has 9 rings (SSSR count). The molecule has 2 aromatic heterocycles. The summed E-state index contributed by atoms with van der Waals surface area (Å²) in [6.07, 6.45) is 0. The molecule has 2 heterocycles. The van der Waals surface area contributed by atoms with Crippen LogP contribution in [0.1, 0.15) is 16.7 Å². The van der Waals surface area contributed by atoms with Crippen LogP contribution in [0.2, 0.25) is 0 Å². The highest BCUT2D eigenvalue weighted by atomic mass is 16.3. The van der Waals surface area contributed by atoms with Gasteiger partial charge >= 0.3 is 0 Å². The second-order valence-corrected chi connectivity index (χ2v) is 12.1. The molecule has 0 fully saturated rings. The summed E-state index contributed by atoms with van der Waals surface area (Å²) in [6, 6.07) is 51.6. The van der Waals surface area contributed by atoms with Crippen molar-refractivity contribution in [1.82, 2.24) is 0 Å². The average Bonchev–Trinajstić information content (AvgIpc) is 3.73. The first kappa shape index (κ1) is 28.6. The van der Waals surface area contributed by atoms with Gasteiger partial charge in [-0.1, -0.05) is 109 Å². The Bertz CT molecular complexity index is 2770. The monoisotopic (exact) mass is 631 g/mol. The maximum Gasteiger partial charge on any atom is 0.161 e. The van der Waals surface area contributed by atoms with Crippen molar-refractivity contribution in [1.29, 1.82) is 0 Å². The van der Waals surface area contributed by atoms with E-state index in [1.165, 1.54) is 0 Å². The summed E-state index contributed by atoms with van der Waals surface area (Å²) >= 11 is 0. The number of hydrogen-bond acceptors (Lipinski definition) is 3. The largest absolute Gasteiger partial charge is 0.456 e. The van der Waals surface area contributed by atoms with Crippen molar-refractivity contribution in [3.8, 4) is 11.1 Å². The maximum atomic E-state index is 6.37. The van der Waals surface area contributed by atoms with Crippen LogP contribution in [0.15, 0.2) is 175 Å². The fourth-order valence-corrected chi connectivity index (χ4v) is 6.65. The van der Waals surface area contributed by atoms with Gasteiger partial charge in [0.2, 0.25) is 0 Å². The van der Waals surface area contributed by atoms with Gasteiger partial charge < -0.3 is 8.83 Å². The summed E-state index contributed by atoms with van der Waals surface area (Å²) in [5, 5.41) is 6.38. The first-order chi connectivity index (χ1) is 24.2. The summed E-state index contributed by atoms with van der Waals surface area (Å²) < 4.78 is 12.5. The number of amidine groups is 2. The lowest BCUT2D eigenvalue weighted by Crippen LogP contribution is -2.06. The molecule has 0 aliphatic carbocycles. The maximum absolute atomic E-state index is 6.37. The zero-order chi connectivity index (χ0) is 32.7. The van der Waals surface area contributed by atoms with Gasteiger partial charge in [-0.3, -0.25) is 4.99 Å². The Morgan fingerprint density at radius 3 is 2.02 bits per heavy atom. The molecule has 9 aromatic rings. The normalized spacial score (nSPS) is 12.5. The first-order valence-corrected chi connectivity index (χ1v) is 16.2. The van der Waals surface area contributed by atoms with Crippen molar-refractivity contribution in [2.75, 3.05) is 0 Å². The Morgan fingerprint density at radius 1 is 0.510 bits per heavy atom. The first-order valence-electron chi connectivity index (χ1n) is 16.2. The zero-order valence-electron chi connectivity index (χ0n) is 26.5. The highest BCUT2D eigenvalue weighted by Crippen LogP contribution is 2.37. The summed E-state index contributed by atoms with van der Waals surface area (Å²) in [7, 11) is 0. The minimum absolute atomic E-state index is 0.477. The van der Waals surface area contributed by atoms with E-state index >= 15 is 0 Å². The van der Waals surface area contributed by atoms with Crippen LogP contribution in [0.4, 0.5) is 0 Å². The fraction of sp³-hybridized carbons (Fsp3) is 0.0227. The molecular formula is C44H29N3O2. The van der Waals surface area contributed by atoms with Crippen LogP contribution in [0.25, 0.3) is 65.8 Å². The van der Waals surface area contributed by atoms with Crippen molar-refractivity contribution in [3.05, 3.63) is 168 Å². The number of aliphatic imine (C=N–C) groups is 3. The molecule has 0 N–H and O–H groups in total. The Kier molecular flexibility index (Phi) is 6.95. The van der Waals surface area contributed by atoms with Crippen LogP contribution in [0.5, 0.6) is 0 Å². The molecule has 0 aliphatic rings. The van der Waals surface area contributed by atoms with Gasteiger partial charge in [0.05, 0.1) is 6.54 Å². The molecule has 0 radical (unpaired) electrons. The Labute approximate surface area is 282 Å². The van der Waals surface area contributed by atoms with Gasteiger partial charge in [-0.25, -0.2) is 9.98 Å². The summed E-state index contributed by atoms with van der Waals surface area (Å²) in [4.78, 5) is 14.6. The van der Waals surface area contributed by atoms with Crippen LogP contribution >= 0.6 is 0 Å². The standard InChI is InChI=1S/C44H29N3O2/c1-45-44(47-43(46-27-28-10-3-2-4-11-28)33-19-18-29-12-5-6-13-30(29)24-33)35-15-9-17-41-42(35)37-26-32(21-23-40(37)49-41)31-20-22-39-36(25-31)34-14-7-8-16-38(34)48-39/h2-26H,1,27H2. The van der Waals surface area contributed by atoms with Crippen molar-refractivity contribution < 1.29 is 8.83 Å². The minimum atomic E-state index is 0.477.